The molecule has 5 nitrogen and oxygen atoms in total. The van der Waals surface area contributed by atoms with Crippen LogP contribution >= 0.6 is 0 Å². The van der Waals surface area contributed by atoms with Gasteiger partial charge < -0.3 is 10.2 Å². The van der Waals surface area contributed by atoms with Gasteiger partial charge in [0, 0.05) is 24.6 Å². The van der Waals surface area contributed by atoms with Crippen molar-refractivity contribution in [3.8, 4) is 0 Å². The summed E-state index contributed by atoms with van der Waals surface area (Å²) in [5.74, 6) is -3.35. The molecule has 1 aliphatic heterocycles. The second-order valence-corrected chi connectivity index (χ2v) is 6.09. The molecule has 0 radical (unpaired) electrons. The molecular weight excluding hydrogens is 342 g/mol. The third-order valence-corrected chi connectivity index (χ3v) is 4.26. The predicted octanol–water partition coefficient (Wildman–Crippen LogP) is 3.16. The zero-order chi connectivity index (χ0) is 18.8. The minimum atomic E-state index is -0.860. The van der Waals surface area contributed by atoms with Crippen molar-refractivity contribution in [2.24, 2.45) is 5.92 Å². The van der Waals surface area contributed by atoms with Crippen LogP contribution in [0.1, 0.15) is 23.7 Å². The van der Waals surface area contributed by atoms with Crippen LogP contribution in [-0.2, 0) is 9.59 Å². The molecule has 0 bridgehead atoms. The zero-order valence-corrected chi connectivity index (χ0v) is 14.0. The highest BCUT2D eigenvalue weighted by atomic mass is 19.1. The van der Waals surface area contributed by atoms with Gasteiger partial charge in [-0.25, -0.2) is 8.78 Å². The number of carbonyl (C=O) groups excluding carboxylic acids is 3. The number of amides is 2. The number of hydrogen-bond donors (Lipinski definition) is 1. The van der Waals surface area contributed by atoms with Crippen LogP contribution in [0.5, 0.6) is 0 Å². The summed E-state index contributed by atoms with van der Waals surface area (Å²) < 4.78 is 27.0. The van der Waals surface area contributed by atoms with Crippen LogP contribution < -0.4 is 10.2 Å². The Bertz CT molecular complexity index is 898. The quantitative estimate of drug-likeness (QED) is 0.854. The normalized spacial score (nSPS) is 16.7. The molecule has 1 saturated heterocycles. The van der Waals surface area contributed by atoms with Gasteiger partial charge in [-0.3, -0.25) is 14.4 Å². The molecule has 1 fully saturated rings. The van der Waals surface area contributed by atoms with Gasteiger partial charge in [0.05, 0.1) is 17.3 Å². The number of ketones is 1. The van der Waals surface area contributed by atoms with Gasteiger partial charge in [-0.1, -0.05) is 12.1 Å². The van der Waals surface area contributed by atoms with Gasteiger partial charge in [-0.15, -0.1) is 0 Å². The Morgan fingerprint density at radius 2 is 1.88 bits per heavy atom. The highest BCUT2D eigenvalue weighted by Crippen LogP contribution is 2.29. The minimum Gasteiger partial charge on any atom is -0.325 e. The third-order valence-electron chi connectivity index (χ3n) is 4.26. The van der Waals surface area contributed by atoms with E-state index in [9.17, 15) is 23.2 Å². The van der Waals surface area contributed by atoms with Crippen molar-refractivity contribution in [2.45, 2.75) is 13.3 Å². The average Bonchev–Trinajstić information content (AvgIpc) is 2.97. The van der Waals surface area contributed by atoms with Crippen LogP contribution in [0.15, 0.2) is 42.5 Å². The topological polar surface area (TPSA) is 66.5 Å². The maximum absolute atomic E-state index is 13.9. The van der Waals surface area contributed by atoms with Crippen LogP contribution in [0, 0.1) is 17.6 Å². The summed E-state index contributed by atoms with van der Waals surface area (Å²) in [4.78, 5) is 37.5. The molecule has 1 atom stereocenters. The molecule has 0 saturated carbocycles. The van der Waals surface area contributed by atoms with E-state index in [4.69, 9.17) is 0 Å². The number of nitrogens with zero attached hydrogens (tertiary/aromatic N) is 1. The molecule has 2 aromatic rings. The molecule has 2 amide bonds. The molecule has 2 aromatic carbocycles. The highest BCUT2D eigenvalue weighted by molar-refractivity contribution is 6.07. The molecule has 1 heterocycles. The van der Waals surface area contributed by atoms with E-state index in [-0.39, 0.29) is 24.4 Å². The summed E-state index contributed by atoms with van der Waals surface area (Å²) in [6.45, 7) is 1.37. The van der Waals surface area contributed by atoms with Crippen molar-refractivity contribution in [2.75, 3.05) is 16.8 Å². The Balaban J connectivity index is 1.76. The smallest absolute Gasteiger partial charge is 0.229 e. The van der Waals surface area contributed by atoms with Crippen molar-refractivity contribution in [3.05, 3.63) is 59.7 Å². The van der Waals surface area contributed by atoms with E-state index in [1.165, 1.54) is 13.0 Å². The van der Waals surface area contributed by atoms with Crippen LogP contribution in [0.2, 0.25) is 0 Å². The van der Waals surface area contributed by atoms with E-state index in [2.05, 4.69) is 5.32 Å². The van der Waals surface area contributed by atoms with Gasteiger partial charge in [-0.05, 0) is 31.2 Å². The van der Waals surface area contributed by atoms with Crippen molar-refractivity contribution in [1.82, 2.24) is 0 Å². The number of para-hydroxylation sites is 1. The summed E-state index contributed by atoms with van der Waals surface area (Å²) >= 11 is 0. The first kappa shape index (κ1) is 17.7. The lowest BCUT2D eigenvalue weighted by molar-refractivity contribution is -0.122. The Morgan fingerprint density at radius 3 is 2.58 bits per heavy atom. The second kappa shape index (κ2) is 7.03. The molecule has 0 aromatic heterocycles. The first-order valence-corrected chi connectivity index (χ1v) is 8.03. The molecule has 26 heavy (non-hydrogen) atoms. The summed E-state index contributed by atoms with van der Waals surface area (Å²) in [5.41, 5.74) is 0.673. The summed E-state index contributed by atoms with van der Waals surface area (Å²) in [6.07, 6.45) is -0.0924. The molecular formula is C19H16F2N2O3. The molecule has 1 N–H and O–H groups in total. The third kappa shape index (κ3) is 3.46. The lowest BCUT2D eigenvalue weighted by Crippen LogP contribution is -2.29. The lowest BCUT2D eigenvalue weighted by Gasteiger charge is -2.17. The molecule has 1 aliphatic rings. The number of nitrogens with one attached hydrogen (secondary N) is 1. The van der Waals surface area contributed by atoms with Crippen molar-refractivity contribution >= 4 is 29.0 Å². The van der Waals surface area contributed by atoms with Gasteiger partial charge in [0.25, 0.3) is 0 Å². The fourth-order valence-corrected chi connectivity index (χ4v) is 2.95. The molecule has 1 unspecified atom stereocenters. The number of benzene rings is 2. The molecule has 0 aliphatic carbocycles. The van der Waals surface area contributed by atoms with Crippen LogP contribution in [0.3, 0.4) is 0 Å². The molecule has 7 heteroatoms. The SMILES string of the molecule is CC(=O)c1ccccc1NC(=O)C1CC(=O)N(c2ccc(F)cc2F)C1. The number of halogens is 2. The van der Waals surface area contributed by atoms with Crippen LogP contribution in [0.25, 0.3) is 0 Å². The largest absolute Gasteiger partial charge is 0.325 e. The molecule has 134 valence electrons. The van der Waals surface area contributed by atoms with E-state index < -0.39 is 29.4 Å². The van der Waals surface area contributed by atoms with Crippen molar-refractivity contribution in [3.63, 3.8) is 0 Å². The van der Waals surface area contributed by atoms with E-state index in [1.54, 1.807) is 24.3 Å². The maximum atomic E-state index is 13.9. The predicted molar refractivity (Wildman–Crippen MR) is 91.9 cm³/mol. The Kier molecular flexibility index (Phi) is 4.79. The van der Waals surface area contributed by atoms with Gasteiger partial charge >= 0.3 is 0 Å². The van der Waals surface area contributed by atoms with Gasteiger partial charge in [-0.2, -0.15) is 0 Å². The van der Waals surface area contributed by atoms with Crippen molar-refractivity contribution in [1.29, 1.82) is 0 Å². The van der Waals surface area contributed by atoms with E-state index in [0.717, 1.165) is 11.0 Å². The number of anilines is 2. The van der Waals surface area contributed by atoms with E-state index in [1.807, 2.05) is 0 Å². The van der Waals surface area contributed by atoms with Crippen LogP contribution in [0.4, 0.5) is 20.2 Å². The molecule has 3 rings (SSSR count). The Morgan fingerprint density at radius 1 is 1.15 bits per heavy atom. The number of hydrogen-bond acceptors (Lipinski definition) is 3. The van der Waals surface area contributed by atoms with E-state index in [0.29, 0.717) is 17.3 Å². The standard InChI is InChI=1S/C19H16F2N2O3/c1-11(24)14-4-2-3-5-16(14)22-19(26)12-8-18(25)23(10-12)17-7-6-13(20)9-15(17)21/h2-7,9,12H,8,10H2,1H3,(H,22,26). The summed E-state index contributed by atoms with van der Waals surface area (Å²) in [6, 6.07) is 9.49. The van der Waals surface area contributed by atoms with Crippen LogP contribution in [-0.4, -0.2) is 24.1 Å². The monoisotopic (exact) mass is 358 g/mol. The Hall–Kier alpha value is -3.09. The van der Waals surface area contributed by atoms with Gasteiger partial charge in [0.15, 0.2) is 5.78 Å². The maximum Gasteiger partial charge on any atom is 0.229 e. The zero-order valence-electron chi connectivity index (χ0n) is 14.0. The summed E-state index contributed by atoms with van der Waals surface area (Å²) in [5, 5.41) is 2.66. The first-order valence-electron chi connectivity index (χ1n) is 8.03. The van der Waals surface area contributed by atoms with E-state index >= 15 is 0 Å². The highest BCUT2D eigenvalue weighted by Gasteiger charge is 2.36. The van der Waals surface area contributed by atoms with Gasteiger partial charge in [0.1, 0.15) is 11.6 Å². The lowest BCUT2D eigenvalue weighted by atomic mass is 10.1. The number of carbonyl (C=O) groups is 3. The Labute approximate surface area is 148 Å². The fourth-order valence-electron chi connectivity index (χ4n) is 2.95. The average molecular weight is 358 g/mol. The number of rotatable bonds is 4. The fraction of sp³-hybridized carbons (Fsp3) is 0.211. The van der Waals surface area contributed by atoms with Crippen molar-refractivity contribution < 1.29 is 23.2 Å². The first-order chi connectivity index (χ1) is 12.4. The molecule has 0 spiro atoms. The van der Waals surface area contributed by atoms with Gasteiger partial charge in [0.2, 0.25) is 11.8 Å². The second-order valence-electron chi connectivity index (χ2n) is 6.09. The number of Topliss-reactive ketones (excluding diaryl/α,β-unsaturated/α-hetero) is 1. The summed E-state index contributed by atoms with van der Waals surface area (Å²) in [7, 11) is 0. The minimum absolute atomic E-state index is 0.0184.